The normalized spacial score (nSPS) is 11.8. The molecule has 5 heteroatoms. The van der Waals surface area contributed by atoms with Crippen LogP contribution in [0.25, 0.3) is 0 Å². The molecule has 0 heterocycles. The van der Waals surface area contributed by atoms with E-state index in [9.17, 15) is 14.7 Å². The highest BCUT2D eigenvalue weighted by atomic mass is 16.3. The van der Waals surface area contributed by atoms with Gasteiger partial charge in [-0.15, -0.1) is 0 Å². The lowest BCUT2D eigenvalue weighted by atomic mass is 10.1. The molecule has 5 nitrogen and oxygen atoms in total. The molecule has 0 saturated carbocycles. The Bertz CT molecular complexity index is 474. The van der Waals surface area contributed by atoms with Gasteiger partial charge in [0.1, 0.15) is 0 Å². The summed E-state index contributed by atoms with van der Waals surface area (Å²) in [4.78, 5) is 23.5. The number of benzene rings is 1. The lowest BCUT2D eigenvalue weighted by Crippen LogP contribution is -2.37. The third kappa shape index (κ3) is 5.95. The summed E-state index contributed by atoms with van der Waals surface area (Å²) in [5, 5.41) is 14.8. The van der Waals surface area contributed by atoms with Gasteiger partial charge in [0, 0.05) is 17.7 Å². The number of nitrogens with one attached hydrogen (secondary N) is 2. The van der Waals surface area contributed by atoms with E-state index in [0.717, 1.165) is 19.3 Å². The Kier molecular flexibility index (Phi) is 7.46. The molecule has 1 unspecified atom stereocenters. The first-order valence-electron chi connectivity index (χ1n) is 7.42. The van der Waals surface area contributed by atoms with Gasteiger partial charge in [-0.2, -0.15) is 0 Å². The first kappa shape index (κ1) is 17.2. The van der Waals surface area contributed by atoms with Gasteiger partial charge in [0.25, 0.3) is 5.91 Å². The number of hydrogen-bond acceptors (Lipinski definition) is 3. The maximum absolute atomic E-state index is 12.1. The van der Waals surface area contributed by atoms with E-state index in [1.54, 1.807) is 31.2 Å². The molecule has 0 aromatic heterocycles. The summed E-state index contributed by atoms with van der Waals surface area (Å²) in [7, 11) is 0. The second-order valence-electron chi connectivity index (χ2n) is 4.98. The number of hydrogen-bond donors (Lipinski definition) is 3. The van der Waals surface area contributed by atoms with Crippen molar-refractivity contribution in [3.63, 3.8) is 0 Å². The quantitative estimate of drug-likeness (QED) is 0.688. The summed E-state index contributed by atoms with van der Waals surface area (Å²) in [5.41, 5.74) is 1.07. The van der Waals surface area contributed by atoms with Crippen LogP contribution in [0.2, 0.25) is 0 Å². The van der Waals surface area contributed by atoms with E-state index in [1.807, 2.05) is 0 Å². The molecule has 0 spiro atoms. The topological polar surface area (TPSA) is 78.4 Å². The van der Waals surface area contributed by atoms with Gasteiger partial charge in [-0.1, -0.05) is 32.8 Å². The summed E-state index contributed by atoms with van der Waals surface area (Å²) < 4.78 is 0. The van der Waals surface area contributed by atoms with E-state index in [4.69, 9.17) is 0 Å². The Morgan fingerprint density at radius 2 is 2.05 bits per heavy atom. The van der Waals surface area contributed by atoms with Crippen molar-refractivity contribution in [2.45, 2.75) is 45.6 Å². The highest BCUT2D eigenvalue weighted by Gasteiger charge is 2.13. The van der Waals surface area contributed by atoms with Gasteiger partial charge in [0.2, 0.25) is 5.91 Å². The van der Waals surface area contributed by atoms with E-state index in [2.05, 4.69) is 17.6 Å². The summed E-state index contributed by atoms with van der Waals surface area (Å²) in [5.74, 6) is -0.332. The standard InChI is InChI=1S/C16H24N2O3/c1-3-5-8-14(11-19)18-16(21)12-7-6-9-13(10-12)17-15(20)4-2/h6-7,9-10,14,19H,3-5,8,11H2,1-2H3,(H,17,20)(H,18,21). The van der Waals surface area contributed by atoms with Crippen molar-refractivity contribution < 1.29 is 14.7 Å². The van der Waals surface area contributed by atoms with Crippen LogP contribution in [0, 0.1) is 0 Å². The van der Waals surface area contributed by atoms with Crippen molar-refractivity contribution in [2.75, 3.05) is 11.9 Å². The van der Waals surface area contributed by atoms with Crippen molar-refractivity contribution >= 4 is 17.5 Å². The zero-order chi connectivity index (χ0) is 15.7. The van der Waals surface area contributed by atoms with Crippen LogP contribution in [0.1, 0.15) is 49.9 Å². The number of amides is 2. The molecule has 0 aliphatic carbocycles. The van der Waals surface area contributed by atoms with Crippen molar-refractivity contribution in [1.82, 2.24) is 5.32 Å². The monoisotopic (exact) mass is 292 g/mol. The Labute approximate surface area is 125 Å². The fourth-order valence-corrected chi connectivity index (χ4v) is 1.92. The van der Waals surface area contributed by atoms with Crippen molar-refractivity contribution in [3.05, 3.63) is 29.8 Å². The van der Waals surface area contributed by atoms with Crippen LogP contribution in [-0.4, -0.2) is 29.6 Å². The fourth-order valence-electron chi connectivity index (χ4n) is 1.92. The van der Waals surface area contributed by atoms with Gasteiger partial charge in [-0.05, 0) is 24.6 Å². The molecule has 116 valence electrons. The minimum Gasteiger partial charge on any atom is -0.394 e. The second kappa shape index (κ2) is 9.13. The number of aliphatic hydroxyl groups excluding tert-OH is 1. The number of carbonyl (C=O) groups is 2. The zero-order valence-electron chi connectivity index (χ0n) is 12.7. The smallest absolute Gasteiger partial charge is 0.251 e. The first-order valence-corrected chi connectivity index (χ1v) is 7.42. The largest absolute Gasteiger partial charge is 0.394 e. The molecule has 1 rings (SSSR count). The zero-order valence-corrected chi connectivity index (χ0v) is 12.7. The van der Waals surface area contributed by atoms with Crippen LogP contribution in [0.5, 0.6) is 0 Å². The minimum atomic E-state index is -0.238. The van der Waals surface area contributed by atoms with Gasteiger partial charge in [0.05, 0.1) is 12.6 Å². The van der Waals surface area contributed by atoms with Crippen LogP contribution >= 0.6 is 0 Å². The molecule has 0 radical (unpaired) electrons. The van der Waals surface area contributed by atoms with Crippen molar-refractivity contribution in [2.24, 2.45) is 0 Å². The van der Waals surface area contributed by atoms with Gasteiger partial charge in [-0.25, -0.2) is 0 Å². The van der Waals surface area contributed by atoms with Gasteiger partial charge >= 0.3 is 0 Å². The molecule has 1 aromatic carbocycles. The highest BCUT2D eigenvalue weighted by Crippen LogP contribution is 2.11. The third-order valence-electron chi connectivity index (χ3n) is 3.19. The average molecular weight is 292 g/mol. The van der Waals surface area contributed by atoms with Gasteiger partial charge in [-0.3, -0.25) is 9.59 Å². The fraction of sp³-hybridized carbons (Fsp3) is 0.500. The van der Waals surface area contributed by atoms with E-state index < -0.39 is 0 Å². The number of carbonyl (C=O) groups excluding carboxylic acids is 2. The lowest BCUT2D eigenvalue weighted by molar-refractivity contribution is -0.115. The van der Waals surface area contributed by atoms with Crippen LogP contribution in [0.3, 0.4) is 0 Å². The maximum atomic E-state index is 12.1. The number of rotatable bonds is 8. The van der Waals surface area contributed by atoms with Gasteiger partial charge in [0.15, 0.2) is 0 Å². The van der Waals surface area contributed by atoms with E-state index in [-0.39, 0.29) is 24.5 Å². The highest BCUT2D eigenvalue weighted by molar-refractivity contribution is 5.97. The van der Waals surface area contributed by atoms with E-state index >= 15 is 0 Å². The van der Waals surface area contributed by atoms with Gasteiger partial charge < -0.3 is 15.7 Å². The van der Waals surface area contributed by atoms with Crippen LogP contribution < -0.4 is 10.6 Å². The molecule has 1 aromatic rings. The Morgan fingerprint density at radius 3 is 2.67 bits per heavy atom. The molecule has 0 fully saturated rings. The molecule has 0 aliphatic rings. The average Bonchev–Trinajstić information content (AvgIpc) is 2.51. The Hall–Kier alpha value is -1.88. The predicted molar refractivity (Wildman–Crippen MR) is 83.2 cm³/mol. The molecular weight excluding hydrogens is 268 g/mol. The molecule has 2 amide bonds. The second-order valence-corrected chi connectivity index (χ2v) is 4.98. The molecule has 3 N–H and O–H groups in total. The van der Waals surface area contributed by atoms with Crippen LogP contribution in [-0.2, 0) is 4.79 Å². The molecule has 0 aliphatic heterocycles. The molecule has 0 saturated heterocycles. The van der Waals surface area contributed by atoms with E-state index in [1.165, 1.54) is 0 Å². The SMILES string of the molecule is CCCCC(CO)NC(=O)c1cccc(NC(=O)CC)c1. The number of aliphatic hydroxyl groups is 1. The van der Waals surface area contributed by atoms with E-state index in [0.29, 0.717) is 17.7 Å². The molecule has 1 atom stereocenters. The van der Waals surface area contributed by atoms with Crippen molar-refractivity contribution in [3.8, 4) is 0 Å². The summed E-state index contributed by atoms with van der Waals surface area (Å²) in [6.45, 7) is 3.76. The Morgan fingerprint density at radius 1 is 1.29 bits per heavy atom. The first-order chi connectivity index (χ1) is 10.1. The predicted octanol–water partition coefficient (Wildman–Crippen LogP) is 2.32. The van der Waals surface area contributed by atoms with Crippen LogP contribution in [0.4, 0.5) is 5.69 Å². The maximum Gasteiger partial charge on any atom is 0.251 e. The minimum absolute atomic E-state index is 0.0714. The molecule has 21 heavy (non-hydrogen) atoms. The summed E-state index contributed by atoms with van der Waals surface area (Å²) >= 11 is 0. The lowest BCUT2D eigenvalue weighted by Gasteiger charge is -2.16. The van der Waals surface area contributed by atoms with Crippen molar-refractivity contribution in [1.29, 1.82) is 0 Å². The number of unbranched alkanes of at least 4 members (excludes halogenated alkanes) is 1. The molecular formula is C16H24N2O3. The number of anilines is 1. The third-order valence-corrected chi connectivity index (χ3v) is 3.19. The summed E-state index contributed by atoms with van der Waals surface area (Å²) in [6.07, 6.45) is 3.12. The van der Waals surface area contributed by atoms with Crippen LogP contribution in [0.15, 0.2) is 24.3 Å². The Balaban J connectivity index is 2.68. The molecule has 0 bridgehead atoms. The summed E-state index contributed by atoms with van der Waals surface area (Å²) in [6, 6.07) is 6.55.